The smallest absolute Gasteiger partial charge is 0.134 e. The lowest BCUT2D eigenvalue weighted by molar-refractivity contribution is 0.606. The Balaban J connectivity index is 1.62. The van der Waals surface area contributed by atoms with E-state index in [0.29, 0.717) is 0 Å². The number of benzene rings is 1. The first-order valence-corrected chi connectivity index (χ1v) is 7.55. The fraction of sp³-hybridized carbons (Fsp3) is 0.500. The van der Waals surface area contributed by atoms with Crippen LogP contribution in [0.1, 0.15) is 36.5 Å². The second-order valence-electron chi connectivity index (χ2n) is 5.49. The average Bonchev–Trinajstić information content (AvgIpc) is 2.70. The van der Waals surface area contributed by atoms with Crippen LogP contribution in [0.25, 0.3) is 0 Å². The molecule has 1 aromatic carbocycles. The zero-order valence-corrected chi connectivity index (χ0v) is 12.1. The monoisotopic (exact) mass is 270 g/mol. The lowest BCUT2D eigenvalue weighted by Gasteiger charge is -2.10. The van der Waals surface area contributed by atoms with Crippen LogP contribution in [0.15, 0.2) is 24.3 Å². The van der Waals surface area contributed by atoms with E-state index in [9.17, 15) is 0 Å². The lowest BCUT2D eigenvalue weighted by atomic mass is 10.2. The van der Waals surface area contributed by atoms with E-state index in [4.69, 9.17) is 0 Å². The Morgan fingerprint density at radius 3 is 2.95 bits per heavy atom. The van der Waals surface area contributed by atoms with Crippen molar-refractivity contribution in [2.45, 2.75) is 45.6 Å². The summed E-state index contributed by atoms with van der Waals surface area (Å²) in [6.07, 6.45) is 5.83. The first-order chi connectivity index (χ1) is 9.84. The Bertz CT molecular complexity index is 574. The fourth-order valence-electron chi connectivity index (χ4n) is 2.81. The molecular formula is C16H22N4. The highest BCUT2D eigenvalue weighted by Gasteiger charge is 2.14. The molecule has 1 N–H and O–H groups in total. The minimum Gasteiger partial charge on any atom is -0.384 e. The Kier molecular flexibility index (Phi) is 4.00. The summed E-state index contributed by atoms with van der Waals surface area (Å²) >= 11 is 0. The molecule has 2 heterocycles. The van der Waals surface area contributed by atoms with Gasteiger partial charge in [-0.05, 0) is 31.4 Å². The summed E-state index contributed by atoms with van der Waals surface area (Å²) in [5, 5.41) is 12.2. The van der Waals surface area contributed by atoms with Crippen molar-refractivity contribution < 1.29 is 0 Å². The van der Waals surface area contributed by atoms with Crippen LogP contribution in [0.4, 0.5) is 5.69 Å². The summed E-state index contributed by atoms with van der Waals surface area (Å²) in [4.78, 5) is 0. The molecule has 0 atom stereocenters. The van der Waals surface area contributed by atoms with Crippen molar-refractivity contribution in [3.63, 3.8) is 0 Å². The first kappa shape index (κ1) is 13.2. The number of nitrogens with one attached hydrogen (secondary N) is 1. The molecule has 0 fully saturated rings. The number of aryl methyl sites for hydroxylation is 2. The zero-order chi connectivity index (χ0) is 13.8. The Morgan fingerprint density at radius 1 is 1.15 bits per heavy atom. The minimum atomic E-state index is 0.906. The molecule has 1 aromatic heterocycles. The van der Waals surface area contributed by atoms with Crippen molar-refractivity contribution in [2.75, 3.05) is 11.9 Å². The molecule has 1 aliphatic rings. The van der Waals surface area contributed by atoms with Gasteiger partial charge in [0.05, 0.1) is 0 Å². The van der Waals surface area contributed by atoms with Crippen LogP contribution in [0.5, 0.6) is 0 Å². The quantitative estimate of drug-likeness (QED) is 0.928. The molecule has 4 heteroatoms. The zero-order valence-electron chi connectivity index (χ0n) is 12.1. The predicted octanol–water partition coefficient (Wildman–Crippen LogP) is 2.97. The largest absolute Gasteiger partial charge is 0.384 e. The number of hydrogen-bond acceptors (Lipinski definition) is 3. The van der Waals surface area contributed by atoms with E-state index in [2.05, 4.69) is 51.3 Å². The van der Waals surface area contributed by atoms with Crippen molar-refractivity contribution >= 4 is 5.69 Å². The molecule has 0 saturated heterocycles. The van der Waals surface area contributed by atoms with Crippen LogP contribution in [0.2, 0.25) is 0 Å². The molecule has 4 nitrogen and oxygen atoms in total. The number of rotatable bonds is 4. The maximum atomic E-state index is 4.37. The molecule has 2 aromatic rings. The molecule has 0 spiro atoms. The molecule has 0 aliphatic carbocycles. The molecule has 3 rings (SSSR count). The van der Waals surface area contributed by atoms with Crippen molar-refractivity contribution in [1.29, 1.82) is 0 Å². The van der Waals surface area contributed by atoms with Crippen LogP contribution in [-0.2, 0) is 19.4 Å². The molecular weight excluding hydrogens is 248 g/mol. The summed E-state index contributed by atoms with van der Waals surface area (Å²) < 4.78 is 2.33. The van der Waals surface area contributed by atoms with Gasteiger partial charge < -0.3 is 9.88 Å². The topological polar surface area (TPSA) is 42.7 Å². The molecule has 0 radical (unpaired) electrons. The van der Waals surface area contributed by atoms with E-state index in [1.54, 1.807) is 0 Å². The van der Waals surface area contributed by atoms with E-state index in [-0.39, 0.29) is 0 Å². The predicted molar refractivity (Wildman–Crippen MR) is 80.9 cm³/mol. The van der Waals surface area contributed by atoms with Gasteiger partial charge in [0, 0.05) is 31.6 Å². The first-order valence-electron chi connectivity index (χ1n) is 7.55. The van der Waals surface area contributed by atoms with Crippen LogP contribution < -0.4 is 5.32 Å². The van der Waals surface area contributed by atoms with Gasteiger partial charge >= 0.3 is 0 Å². The van der Waals surface area contributed by atoms with Crippen molar-refractivity contribution in [3.05, 3.63) is 41.5 Å². The highest BCUT2D eigenvalue weighted by molar-refractivity contribution is 5.50. The molecule has 20 heavy (non-hydrogen) atoms. The third kappa shape index (κ3) is 2.84. The summed E-state index contributed by atoms with van der Waals surface area (Å²) in [5.74, 6) is 2.30. The maximum Gasteiger partial charge on any atom is 0.134 e. The molecule has 106 valence electrons. The molecule has 0 amide bonds. The fourth-order valence-corrected chi connectivity index (χ4v) is 2.81. The van der Waals surface area contributed by atoms with Crippen LogP contribution >= 0.6 is 0 Å². The summed E-state index contributed by atoms with van der Waals surface area (Å²) in [6.45, 7) is 4.12. The van der Waals surface area contributed by atoms with Crippen molar-refractivity contribution in [3.8, 4) is 0 Å². The number of hydrogen-bond donors (Lipinski definition) is 1. The lowest BCUT2D eigenvalue weighted by Crippen LogP contribution is -2.12. The summed E-state index contributed by atoms with van der Waals surface area (Å²) in [7, 11) is 0. The Morgan fingerprint density at radius 2 is 2.05 bits per heavy atom. The third-order valence-corrected chi connectivity index (χ3v) is 4.00. The van der Waals surface area contributed by atoms with Gasteiger partial charge in [0.1, 0.15) is 11.6 Å². The third-order valence-electron chi connectivity index (χ3n) is 4.00. The van der Waals surface area contributed by atoms with Crippen molar-refractivity contribution in [1.82, 2.24) is 14.8 Å². The minimum absolute atomic E-state index is 0.906. The normalized spacial score (nSPS) is 14.7. The van der Waals surface area contributed by atoms with Crippen molar-refractivity contribution in [2.24, 2.45) is 0 Å². The Labute approximate surface area is 120 Å². The summed E-state index contributed by atoms with van der Waals surface area (Å²) in [6, 6.07) is 8.39. The standard InChI is InChI=1S/C16H22N4/c1-13-7-4-5-8-14(13)17-11-10-16-19-18-15-9-3-2-6-12-20(15)16/h4-5,7-8,17H,2-3,6,9-12H2,1H3. The van der Waals surface area contributed by atoms with Gasteiger partial charge in [-0.3, -0.25) is 0 Å². The van der Waals surface area contributed by atoms with Gasteiger partial charge in [-0.2, -0.15) is 0 Å². The maximum absolute atomic E-state index is 4.37. The highest BCUT2D eigenvalue weighted by atomic mass is 15.3. The molecule has 0 bridgehead atoms. The van der Waals surface area contributed by atoms with Gasteiger partial charge in [0.2, 0.25) is 0 Å². The summed E-state index contributed by atoms with van der Waals surface area (Å²) in [5.41, 5.74) is 2.50. The van der Waals surface area contributed by atoms with Crippen LogP contribution in [0, 0.1) is 6.92 Å². The van der Waals surface area contributed by atoms with E-state index in [0.717, 1.165) is 31.8 Å². The van der Waals surface area contributed by atoms with E-state index in [1.807, 2.05) is 0 Å². The van der Waals surface area contributed by atoms with Gasteiger partial charge in [0.15, 0.2) is 0 Å². The number of anilines is 1. The molecule has 1 aliphatic heterocycles. The highest BCUT2D eigenvalue weighted by Crippen LogP contribution is 2.16. The molecule has 0 saturated carbocycles. The van der Waals surface area contributed by atoms with Gasteiger partial charge in [-0.1, -0.05) is 24.6 Å². The van der Waals surface area contributed by atoms with Gasteiger partial charge in [-0.15, -0.1) is 10.2 Å². The van der Waals surface area contributed by atoms with E-state index in [1.165, 1.54) is 36.3 Å². The number of fused-ring (bicyclic) bond motifs is 1. The van der Waals surface area contributed by atoms with Gasteiger partial charge in [0.25, 0.3) is 0 Å². The van der Waals surface area contributed by atoms with Crippen LogP contribution in [0.3, 0.4) is 0 Å². The number of para-hydroxylation sites is 1. The Hall–Kier alpha value is -1.84. The van der Waals surface area contributed by atoms with Crippen LogP contribution in [-0.4, -0.2) is 21.3 Å². The van der Waals surface area contributed by atoms with Gasteiger partial charge in [-0.25, -0.2) is 0 Å². The van der Waals surface area contributed by atoms with E-state index >= 15 is 0 Å². The second kappa shape index (κ2) is 6.07. The number of aromatic nitrogens is 3. The number of nitrogens with zero attached hydrogens (tertiary/aromatic N) is 3. The molecule has 0 unspecified atom stereocenters. The second-order valence-corrected chi connectivity index (χ2v) is 5.49. The SMILES string of the molecule is Cc1ccccc1NCCc1nnc2n1CCCCC2. The average molecular weight is 270 g/mol. The van der Waals surface area contributed by atoms with E-state index < -0.39 is 0 Å².